The molecule has 0 aliphatic carbocycles. The summed E-state index contributed by atoms with van der Waals surface area (Å²) in [5.41, 5.74) is 0.257. The van der Waals surface area contributed by atoms with Gasteiger partial charge in [-0.15, -0.1) is 0 Å². The van der Waals surface area contributed by atoms with Crippen molar-refractivity contribution >= 4 is 16.7 Å². The molecule has 3 rings (SSSR count). The van der Waals surface area contributed by atoms with Crippen molar-refractivity contribution in [2.24, 2.45) is 0 Å². The van der Waals surface area contributed by atoms with Gasteiger partial charge in [0.2, 0.25) is 0 Å². The maximum atomic E-state index is 12.5. The van der Waals surface area contributed by atoms with Gasteiger partial charge >= 0.3 is 0 Å². The summed E-state index contributed by atoms with van der Waals surface area (Å²) in [5.74, 6) is -0.319. The summed E-state index contributed by atoms with van der Waals surface area (Å²) in [6.45, 7) is 0.975. The Bertz CT molecular complexity index is 736. The van der Waals surface area contributed by atoms with Gasteiger partial charge in [0, 0.05) is 6.54 Å². The summed E-state index contributed by atoms with van der Waals surface area (Å²) >= 11 is 0. The first-order valence-electron chi connectivity index (χ1n) is 6.71. The van der Waals surface area contributed by atoms with Gasteiger partial charge in [0.1, 0.15) is 5.75 Å². The standard InChI is InChI=1S/C16H14N2O3/c17-9-13-10-18(5-6-21-13)16(20)14-7-11-3-1-2-4-12(11)8-15(14)19/h1-4,7-8,13,19H,5-6,10H2. The van der Waals surface area contributed by atoms with Crippen molar-refractivity contribution in [2.45, 2.75) is 6.10 Å². The first-order chi connectivity index (χ1) is 10.2. The Morgan fingerprint density at radius 3 is 2.76 bits per heavy atom. The van der Waals surface area contributed by atoms with E-state index in [9.17, 15) is 9.90 Å². The summed E-state index contributed by atoms with van der Waals surface area (Å²) in [4.78, 5) is 14.1. The molecule has 2 aromatic carbocycles. The Kier molecular flexibility index (Phi) is 3.46. The van der Waals surface area contributed by atoms with Crippen LogP contribution in [0.2, 0.25) is 0 Å². The molecule has 1 aliphatic rings. The normalized spacial score (nSPS) is 18.4. The highest BCUT2D eigenvalue weighted by atomic mass is 16.5. The summed E-state index contributed by atoms with van der Waals surface area (Å²) in [6.07, 6.45) is -0.606. The van der Waals surface area contributed by atoms with Gasteiger partial charge in [0.25, 0.3) is 5.91 Å². The Balaban J connectivity index is 1.94. The molecule has 1 fully saturated rings. The van der Waals surface area contributed by atoms with Crippen molar-refractivity contribution in [3.8, 4) is 11.8 Å². The lowest BCUT2D eigenvalue weighted by Crippen LogP contribution is -2.45. The topological polar surface area (TPSA) is 73.6 Å². The van der Waals surface area contributed by atoms with E-state index in [1.54, 1.807) is 17.0 Å². The first kappa shape index (κ1) is 13.4. The SMILES string of the molecule is N#CC1CN(C(=O)c2cc3ccccc3cc2O)CCO1. The van der Waals surface area contributed by atoms with Crippen LogP contribution in [0.15, 0.2) is 36.4 Å². The number of fused-ring (bicyclic) bond motifs is 1. The van der Waals surface area contributed by atoms with E-state index in [4.69, 9.17) is 10.00 Å². The van der Waals surface area contributed by atoms with E-state index in [1.165, 1.54) is 0 Å². The third kappa shape index (κ3) is 2.54. The van der Waals surface area contributed by atoms with Gasteiger partial charge in [-0.1, -0.05) is 24.3 Å². The first-order valence-corrected chi connectivity index (χ1v) is 6.71. The zero-order chi connectivity index (χ0) is 14.8. The molecular formula is C16H14N2O3. The van der Waals surface area contributed by atoms with E-state index in [1.807, 2.05) is 30.3 Å². The third-order valence-electron chi connectivity index (χ3n) is 3.59. The summed E-state index contributed by atoms with van der Waals surface area (Å²) in [6, 6.07) is 12.8. The van der Waals surface area contributed by atoms with E-state index in [-0.39, 0.29) is 23.8 Å². The largest absolute Gasteiger partial charge is 0.507 e. The van der Waals surface area contributed by atoms with Gasteiger partial charge < -0.3 is 14.7 Å². The van der Waals surface area contributed by atoms with E-state index in [0.29, 0.717) is 13.2 Å². The van der Waals surface area contributed by atoms with Crippen molar-refractivity contribution in [3.05, 3.63) is 42.0 Å². The molecule has 0 saturated carbocycles. The Morgan fingerprint density at radius 2 is 2.05 bits per heavy atom. The smallest absolute Gasteiger partial charge is 0.257 e. The number of nitrogens with zero attached hydrogens (tertiary/aromatic N) is 2. The fourth-order valence-corrected chi connectivity index (χ4v) is 2.48. The quantitative estimate of drug-likeness (QED) is 0.867. The number of carbonyl (C=O) groups is 1. The lowest BCUT2D eigenvalue weighted by atomic mass is 10.0. The number of hydrogen-bond acceptors (Lipinski definition) is 4. The highest BCUT2D eigenvalue weighted by Crippen LogP contribution is 2.26. The fourth-order valence-electron chi connectivity index (χ4n) is 2.48. The lowest BCUT2D eigenvalue weighted by molar-refractivity contribution is 0.00335. The maximum Gasteiger partial charge on any atom is 0.257 e. The third-order valence-corrected chi connectivity index (χ3v) is 3.59. The van der Waals surface area contributed by atoms with Crippen molar-refractivity contribution in [1.29, 1.82) is 5.26 Å². The summed E-state index contributed by atoms with van der Waals surface area (Å²) in [5, 5.41) is 20.8. The molecule has 0 radical (unpaired) electrons. The summed E-state index contributed by atoms with van der Waals surface area (Å²) < 4.78 is 5.23. The number of phenolic OH excluding ortho intramolecular Hbond substituents is 1. The highest BCUT2D eigenvalue weighted by molar-refractivity contribution is 6.01. The number of aromatic hydroxyl groups is 1. The van der Waals surface area contributed by atoms with Crippen LogP contribution in [0.5, 0.6) is 5.75 Å². The van der Waals surface area contributed by atoms with Gasteiger partial charge in [0.05, 0.1) is 24.8 Å². The highest BCUT2D eigenvalue weighted by Gasteiger charge is 2.26. The van der Waals surface area contributed by atoms with Crippen LogP contribution in [-0.4, -0.2) is 41.7 Å². The van der Waals surface area contributed by atoms with Crippen LogP contribution in [0.25, 0.3) is 10.8 Å². The fraction of sp³-hybridized carbons (Fsp3) is 0.250. The van der Waals surface area contributed by atoms with Gasteiger partial charge in [-0.3, -0.25) is 4.79 Å². The number of amides is 1. The minimum Gasteiger partial charge on any atom is -0.507 e. The zero-order valence-electron chi connectivity index (χ0n) is 11.3. The second-order valence-electron chi connectivity index (χ2n) is 4.96. The number of benzene rings is 2. The number of phenols is 1. The van der Waals surface area contributed by atoms with Crippen LogP contribution in [0, 0.1) is 11.3 Å². The molecule has 0 bridgehead atoms. The number of rotatable bonds is 1. The molecule has 106 valence electrons. The molecule has 1 aliphatic heterocycles. The number of morpholine rings is 1. The van der Waals surface area contributed by atoms with Gasteiger partial charge in [-0.05, 0) is 22.9 Å². The Labute approximate surface area is 122 Å². The second-order valence-corrected chi connectivity index (χ2v) is 4.96. The second kappa shape index (κ2) is 5.43. The van der Waals surface area contributed by atoms with E-state index < -0.39 is 6.10 Å². The molecule has 2 aromatic rings. The van der Waals surface area contributed by atoms with Crippen molar-refractivity contribution in [1.82, 2.24) is 4.90 Å². The minimum atomic E-state index is -0.606. The van der Waals surface area contributed by atoms with Crippen LogP contribution in [0.4, 0.5) is 0 Å². The van der Waals surface area contributed by atoms with Crippen LogP contribution < -0.4 is 0 Å². The van der Waals surface area contributed by atoms with E-state index in [2.05, 4.69) is 0 Å². The molecule has 1 heterocycles. The molecule has 0 spiro atoms. The van der Waals surface area contributed by atoms with Crippen molar-refractivity contribution < 1.29 is 14.6 Å². The van der Waals surface area contributed by atoms with Crippen LogP contribution in [0.3, 0.4) is 0 Å². The number of ether oxygens (including phenoxy) is 1. The van der Waals surface area contributed by atoms with Crippen LogP contribution >= 0.6 is 0 Å². The molecular weight excluding hydrogens is 268 g/mol. The number of carbonyl (C=O) groups excluding carboxylic acids is 1. The molecule has 0 aromatic heterocycles. The molecule has 1 atom stereocenters. The molecule has 1 amide bonds. The molecule has 5 nitrogen and oxygen atoms in total. The Hall–Kier alpha value is -2.58. The van der Waals surface area contributed by atoms with Crippen molar-refractivity contribution in [3.63, 3.8) is 0 Å². The average Bonchev–Trinajstić information content (AvgIpc) is 2.53. The lowest BCUT2D eigenvalue weighted by Gasteiger charge is -2.30. The molecule has 1 unspecified atom stereocenters. The molecule has 5 heteroatoms. The van der Waals surface area contributed by atoms with Gasteiger partial charge in [-0.25, -0.2) is 0 Å². The maximum absolute atomic E-state index is 12.5. The van der Waals surface area contributed by atoms with Crippen molar-refractivity contribution in [2.75, 3.05) is 19.7 Å². The molecule has 21 heavy (non-hydrogen) atoms. The minimum absolute atomic E-state index is 0.0429. The van der Waals surface area contributed by atoms with E-state index >= 15 is 0 Å². The Morgan fingerprint density at radius 1 is 1.33 bits per heavy atom. The average molecular weight is 282 g/mol. The van der Waals surface area contributed by atoms with Crippen LogP contribution in [0.1, 0.15) is 10.4 Å². The monoisotopic (exact) mass is 282 g/mol. The molecule has 1 saturated heterocycles. The van der Waals surface area contributed by atoms with Gasteiger partial charge in [-0.2, -0.15) is 5.26 Å². The number of hydrogen-bond donors (Lipinski definition) is 1. The zero-order valence-corrected chi connectivity index (χ0v) is 11.3. The molecule has 1 N–H and O–H groups in total. The predicted molar refractivity (Wildman–Crippen MR) is 76.9 cm³/mol. The van der Waals surface area contributed by atoms with Gasteiger partial charge in [0.15, 0.2) is 6.10 Å². The van der Waals surface area contributed by atoms with Crippen LogP contribution in [-0.2, 0) is 4.74 Å². The summed E-state index contributed by atoms with van der Waals surface area (Å²) in [7, 11) is 0. The predicted octanol–water partition coefficient (Wildman–Crippen LogP) is 1.91. The van der Waals surface area contributed by atoms with E-state index in [0.717, 1.165) is 10.8 Å². The number of nitriles is 1.